The van der Waals surface area contributed by atoms with Gasteiger partial charge in [0.1, 0.15) is 5.82 Å². The van der Waals surface area contributed by atoms with Gasteiger partial charge in [0.25, 0.3) is 0 Å². The lowest BCUT2D eigenvalue weighted by Crippen LogP contribution is -2.29. The van der Waals surface area contributed by atoms with Crippen LogP contribution >= 0.6 is 27.5 Å². The Kier molecular flexibility index (Phi) is 4.07. The smallest absolute Gasteiger partial charge is 0.127 e. The molecule has 1 aromatic heterocycles. The number of imidazole rings is 1. The Labute approximate surface area is 133 Å². The molecular formula is C15H19BrClN3. The molecule has 3 rings (SSSR count). The van der Waals surface area contributed by atoms with E-state index in [1.54, 1.807) is 0 Å². The predicted molar refractivity (Wildman–Crippen MR) is 87.4 cm³/mol. The lowest BCUT2D eigenvalue weighted by atomic mass is 10.2. The summed E-state index contributed by atoms with van der Waals surface area (Å²) in [5, 5.41) is -0.0760. The molecule has 108 valence electrons. The molecule has 5 heteroatoms. The van der Waals surface area contributed by atoms with Crippen molar-refractivity contribution in [2.24, 2.45) is 0 Å². The highest BCUT2D eigenvalue weighted by Crippen LogP contribution is 2.28. The molecule has 0 spiro atoms. The van der Waals surface area contributed by atoms with Gasteiger partial charge in [-0.1, -0.05) is 15.9 Å². The highest BCUT2D eigenvalue weighted by atomic mass is 79.9. The minimum Gasteiger partial charge on any atom is -0.325 e. The number of likely N-dealkylation sites (tertiary alicyclic amines) is 1. The van der Waals surface area contributed by atoms with Crippen molar-refractivity contribution in [2.75, 3.05) is 13.6 Å². The Morgan fingerprint density at radius 2 is 2.30 bits per heavy atom. The number of hydrogen-bond donors (Lipinski definition) is 0. The highest BCUT2D eigenvalue weighted by Gasteiger charge is 2.24. The van der Waals surface area contributed by atoms with E-state index in [2.05, 4.69) is 50.6 Å². The van der Waals surface area contributed by atoms with E-state index in [1.165, 1.54) is 24.9 Å². The first kappa shape index (κ1) is 14.4. The van der Waals surface area contributed by atoms with E-state index in [4.69, 9.17) is 16.6 Å². The lowest BCUT2D eigenvalue weighted by molar-refractivity contribution is 0.282. The molecule has 0 N–H and O–H groups in total. The van der Waals surface area contributed by atoms with Crippen LogP contribution in [0.4, 0.5) is 0 Å². The van der Waals surface area contributed by atoms with Gasteiger partial charge in [0.2, 0.25) is 0 Å². The van der Waals surface area contributed by atoms with Gasteiger partial charge < -0.3 is 9.47 Å². The van der Waals surface area contributed by atoms with Gasteiger partial charge in [-0.15, -0.1) is 11.6 Å². The molecule has 1 saturated heterocycles. The minimum absolute atomic E-state index is 0.0760. The van der Waals surface area contributed by atoms with Crippen LogP contribution in [0.2, 0.25) is 0 Å². The first-order chi connectivity index (χ1) is 9.56. The Hall–Kier alpha value is -0.580. The van der Waals surface area contributed by atoms with E-state index in [-0.39, 0.29) is 5.38 Å². The van der Waals surface area contributed by atoms with Crippen LogP contribution in [0.1, 0.15) is 31.0 Å². The summed E-state index contributed by atoms with van der Waals surface area (Å²) in [5.41, 5.74) is 2.19. The van der Waals surface area contributed by atoms with E-state index in [1.807, 2.05) is 6.92 Å². The van der Waals surface area contributed by atoms with Gasteiger partial charge in [-0.2, -0.15) is 0 Å². The van der Waals surface area contributed by atoms with Gasteiger partial charge in [0.15, 0.2) is 0 Å². The Morgan fingerprint density at radius 1 is 1.50 bits per heavy atom. The second-order valence-corrected chi connectivity index (χ2v) is 7.18. The zero-order chi connectivity index (χ0) is 14.3. The van der Waals surface area contributed by atoms with Crippen LogP contribution in [0.5, 0.6) is 0 Å². The molecule has 2 heterocycles. The van der Waals surface area contributed by atoms with Gasteiger partial charge in [-0.05, 0) is 51.6 Å². The van der Waals surface area contributed by atoms with Crippen molar-refractivity contribution >= 4 is 38.6 Å². The zero-order valence-electron chi connectivity index (χ0n) is 11.8. The Balaban J connectivity index is 2.04. The van der Waals surface area contributed by atoms with Crippen molar-refractivity contribution < 1.29 is 0 Å². The summed E-state index contributed by atoms with van der Waals surface area (Å²) in [6, 6.07) is 6.85. The molecule has 0 amide bonds. The molecule has 20 heavy (non-hydrogen) atoms. The molecular weight excluding hydrogens is 338 g/mol. The van der Waals surface area contributed by atoms with E-state index in [0.29, 0.717) is 6.04 Å². The number of fused-ring (bicyclic) bond motifs is 1. The fourth-order valence-electron chi connectivity index (χ4n) is 3.04. The van der Waals surface area contributed by atoms with Crippen molar-refractivity contribution in [1.29, 1.82) is 0 Å². The molecule has 1 aromatic carbocycles. The van der Waals surface area contributed by atoms with E-state index < -0.39 is 0 Å². The van der Waals surface area contributed by atoms with Gasteiger partial charge in [0.05, 0.1) is 16.4 Å². The first-order valence-electron chi connectivity index (χ1n) is 7.06. The van der Waals surface area contributed by atoms with Crippen LogP contribution in [0.15, 0.2) is 22.7 Å². The molecule has 1 aliphatic rings. The highest BCUT2D eigenvalue weighted by molar-refractivity contribution is 9.10. The average molecular weight is 357 g/mol. The second-order valence-electron chi connectivity index (χ2n) is 5.61. The molecule has 0 radical (unpaired) electrons. The fourth-order valence-corrected chi connectivity index (χ4v) is 3.55. The maximum Gasteiger partial charge on any atom is 0.127 e. The van der Waals surface area contributed by atoms with Crippen LogP contribution in [-0.2, 0) is 6.54 Å². The van der Waals surface area contributed by atoms with Crippen molar-refractivity contribution in [3.05, 3.63) is 28.5 Å². The number of nitrogens with zero attached hydrogens (tertiary/aromatic N) is 3. The molecule has 1 aliphatic heterocycles. The topological polar surface area (TPSA) is 21.1 Å². The van der Waals surface area contributed by atoms with Gasteiger partial charge >= 0.3 is 0 Å². The largest absolute Gasteiger partial charge is 0.325 e. The van der Waals surface area contributed by atoms with Crippen LogP contribution in [-0.4, -0.2) is 34.1 Å². The maximum atomic E-state index is 6.33. The average Bonchev–Trinajstić information content (AvgIpc) is 2.95. The number of aromatic nitrogens is 2. The number of likely N-dealkylation sites (N-methyl/N-ethyl adjacent to an activating group) is 1. The number of benzene rings is 1. The minimum atomic E-state index is -0.0760. The molecule has 3 nitrogen and oxygen atoms in total. The Morgan fingerprint density at radius 3 is 2.95 bits per heavy atom. The monoisotopic (exact) mass is 355 g/mol. The Bertz CT molecular complexity index is 623. The van der Waals surface area contributed by atoms with Crippen molar-refractivity contribution in [3.63, 3.8) is 0 Å². The van der Waals surface area contributed by atoms with Gasteiger partial charge in [-0.25, -0.2) is 4.98 Å². The van der Waals surface area contributed by atoms with Crippen LogP contribution in [0.25, 0.3) is 11.0 Å². The number of alkyl halides is 1. The van der Waals surface area contributed by atoms with Crippen molar-refractivity contribution in [3.8, 4) is 0 Å². The third-order valence-electron chi connectivity index (χ3n) is 4.16. The number of halogens is 2. The van der Waals surface area contributed by atoms with Gasteiger partial charge in [0, 0.05) is 17.1 Å². The van der Waals surface area contributed by atoms with Gasteiger partial charge in [-0.3, -0.25) is 0 Å². The molecule has 0 bridgehead atoms. The van der Waals surface area contributed by atoms with Crippen LogP contribution in [0, 0.1) is 0 Å². The van der Waals surface area contributed by atoms with Crippen LogP contribution in [0.3, 0.4) is 0 Å². The van der Waals surface area contributed by atoms with E-state index in [9.17, 15) is 0 Å². The normalized spacial score (nSPS) is 21.7. The fraction of sp³-hybridized carbons (Fsp3) is 0.533. The van der Waals surface area contributed by atoms with E-state index >= 15 is 0 Å². The summed E-state index contributed by atoms with van der Waals surface area (Å²) < 4.78 is 3.35. The van der Waals surface area contributed by atoms with Crippen molar-refractivity contribution in [1.82, 2.24) is 14.5 Å². The van der Waals surface area contributed by atoms with E-state index in [0.717, 1.165) is 22.4 Å². The lowest BCUT2D eigenvalue weighted by Gasteiger charge is -2.22. The molecule has 1 fully saturated rings. The van der Waals surface area contributed by atoms with Crippen molar-refractivity contribution in [2.45, 2.75) is 37.7 Å². The summed E-state index contributed by atoms with van der Waals surface area (Å²) in [6.07, 6.45) is 2.54. The third kappa shape index (κ3) is 2.61. The molecule has 2 atom stereocenters. The second kappa shape index (κ2) is 5.66. The summed E-state index contributed by atoms with van der Waals surface area (Å²) in [7, 11) is 2.21. The SMILES string of the molecule is CC(Cl)c1nc2cc(Br)ccc2n1CC1CCCN1C. The summed E-state index contributed by atoms with van der Waals surface area (Å²) in [6.45, 7) is 4.16. The number of hydrogen-bond acceptors (Lipinski definition) is 2. The van der Waals surface area contributed by atoms with Crippen LogP contribution < -0.4 is 0 Å². The quantitative estimate of drug-likeness (QED) is 0.769. The maximum absolute atomic E-state index is 6.33. The molecule has 0 saturated carbocycles. The number of rotatable bonds is 3. The molecule has 0 aliphatic carbocycles. The predicted octanol–water partition coefficient (Wildman–Crippen LogP) is 4.19. The summed E-state index contributed by atoms with van der Waals surface area (Å²) in [4.78, 5) is 7.16. The zero-order valence-corrected chi connectivity index (χ0v) is 14.2. The standard InChI is InChI=1S/C15H19BrClN3/c1-10(17)15-18-13-8-11(16)5-6-14(13)20(15)9-12-4-3-7-19(12)2/h5-6,8,10,12H,3-4,7,9H2,1-2H3. The summed E-state index contributed by atoms with van der Waals surface area (Å²) >= 11 is 9.84. The third-order valence-corrected chi connectivity index (χ3v) is 4.85. The first-order valence-corrected chi connectivity index (χ1v) is 8.29. The molecule has 2 unspecified atom stereocenters. The summed E-state index contributed by atoms with van der Waals surface area (Å²) in [5.74, 6) is 0.972. The molecule has 2 aromatic rings.